The molecule has 1 atom stereocenters. The fourth-order valence-corrected chi connectivity index (χ4v) is 3.34. The zero-order chi connectivity index (χ0) is 24.2. The fourth-order valence-electron chi connectivity index (χ4n) is 3.34. The number of amidine groups is 1. The number of carbonyl (C=O) groups is 2. The van der Waals surface area contributed by atoms with Gasteiger partial charge in [0.25, 0.3) is 5.91 Å². The van der Waals surface area contributed by atoms with Gasteiger partial charge in [-0.05, 0) is 41.3 Å². The molecule has 0 saturated carbocycles. The van der Waals surface area contributed by atoms with Crippen LogP contribution in [0, 0.1) is 0 Å². The van der Waals surface area contributed by atoms with Crippen LogP contribution in [0.5, 0.6) is 0 Å². The highest BCUT2D eigenvalue weighted by atomic mass is 19.4. The van der Waals surface area contributed by atoms with Crippen molar-refractivity contribution in [2.24, 2.45) is 10.7 Å². The molecule has 1 amide bonds. The van der Waals surface area contributed by atoms with E-state index in [-0.39, 0.29) is 40.8 Å². The second-order valence-corrected chi connectivity index (χ2v) is 7.03. The Balaban J connectivity index is 2.06. The topological polar surface area (TPSA) is 172 Å². The maximum atomic E-state index is 13.2. The highest BCUT2D eigenvalue weighted by molar-refractivity contribution is 6.16. The van der Waals surface area contributed by atoms with Gasteiger partial charge in [-0.2, -0.15) is 18.2 Å². The number of unbranched alkanes of at least 4 members (excludes halogenated alkanes) is 2. The third-order valence-electron chi connectivity index (χ3n) is 4.88. The van der Waals surface area contributed by atoms with E-state index in [1.165, 1.54) is 13.1 Å². The highest BCUT2D eigenvalue weighted by Gasteiger charge is 2.57. The summed E-state index contributed by atoms with van der Waals surface area (Å²) in [4.78, 5) is 37.9. The van der Waals surface area contributed by atoms with Crippen LogP contribution in [-0.4, -0.2) is 58.8 Å². The number of fused-ring (bicyclic) bond motifs is 1. The van der Waals surface area contributed by atoms with Crippen molar-refractivity contribution in [3.05, 3.63) is 23.7 Å². The molecule has 178 valence electrons. The second kappa shape index (κ2) is 9.50. The van der Waals surface area contributed by atoms with Crippen LogP contribution in [0.25, 0.3) is 0 Å². The first kappa shape index (κ1) is 24.1. The van der Waals surface area contributed by atoms with Gasteiger partial charge in [-0.3, -0.25) is 14.6 Å². The lowest BCUT2D eigenvalue weighted by molar-refractivity contribution is -0.222. The number of rotatable bonds is 9. The van der Waals surface area contributed by atoms with E-state index < -0.39 is 22.7 Å². The number of hydrogen-bond donors (Lipinski definition) is 3. The third kappa shape index (κ3) is 4.63. The van der Waals surface area contributed by atoms with Crippen molar-refractivity contribution >= 4 is 34.9 Å². The Morgan fingerprint density at radius 1 is 1.21 bits per heavy atom. The Morgan fingerprint density at radius 3 is 2.58 bits per heavy atom. The lowest BCUT2D eigenvalue weighted by Gasteiger charge is -2.30. The highest BCUT2D eigenvalue weighted by Crippen LogP contribution is 2.45. The Kier molecular flexibility index (Phi) is 6.92. The quantitative estimate of drug-likeness (QED) is 0.360. The standard InChI is InChI=1S/C18H21F3N8O4/c1-2-29(32-17(31)18(19,20)21)13-10(16(30)25-7-5-3-4-6-22)8-24-9-11(13)26-15(29)12-14(23)28-33-27-12/h8-9H,2-7,22H2,1H3,(H2-,23,25,28,30)/p+1. The summed E-state index contributed by atoms with van der Waals surface area (Å²) in [6.45, 7) is 1.96. The lowest BCUT2D eigenvalue weighted by atomic mass is 10.1. The molecule has 0 radical (unpaired) electrons. The molecular weight excluding hydrogens is 449 g/mol. The van der Waals surface area contributed by atoms with Gasteiger partial charge in [-0.1, -0.05) is 6.42 Å². The van der Waals surface area contributed by atoms with Gasteiger partial charge in [0.05, 0.1) is 6.20 Å². The molecule has 3 heterocycles. The Morgan fingerprint density at radius 2 is 1.97 bits per heavy atom. The number of halogens is 3. The average Bonchev–Trinajstić information content (AvgIpc) is 3.33. The van der Waals surface area contributed by atoms with E-state index in [4.69, 9.17) is 16.3 Å². The predicted molar refractivity (Wildman–Crippen MR) is 109 cm³/mol. The molecule has 2 aromatic rings. The van der Waals surface area contributed by atoms with Crippen molar-refractivity contribution in [3.8, 4) is 0 Å². The number of amides is 1. The number of nitrogens with one attached hydrogen (secondary N) is 1. The van der Waals surface area contributed by atoms with Crippen LogP contribution < -0.4 is 21.4 Å². The summed E-state index contributed by atoms with van der Waals surface area (Å²) in [5.74, 6) is -3.73. The number of aromatic nitrogens is 3. The molecule has 0 bridgehead atoms. The van der Waals surface area contributed by atoms with Gasteiger partial charge in [-0.25, -0.2) is 9.42 Å². The van der Waals surface area contributed by atoms with Gasteiger partial charge in [0.2, 0.25) is 17.2 Å². The summed E-state index contributed by atoms with van der Waals surface area (Å²) in [6.07, 6.45) is -0.738. The number of quaternary nitrogens is 1. The van der Waals surface area contributed by atoms with Gasteiger partial charge < -0.3 is 16.8 Å². The molecule has 33 heavy (non-hydrogen) atoms. The maximum absolute atomic E-state index is 13.2. The van der Waals surface area contributed by atoms with Crippen molar-refractivity contribution < 1.29 is 32.2 Å². The number of nitrogens with two attached hydrogens (primary N) is 2. The van der Waals surface area contributed by atoms with Crippen LogP contribution >= 0.6 is 0 Å². The van der Waals surface area contributed by atoms with Gasteiger partial charge in [0, 0.05) is 12.7 Å². The number of aliphatic imine (C=N–C) groups is 1. The van der Waals surface area contributed by atoms with Crippen LogP contribution in [0.4, 0.5) is 30.4 Å². The molecular formula is C18H22F3N8O4+. The fraction of sp³-hybridized carbons (Fsp3) is 0.444. The van der Waals surface area contributed by atoms with E-state index in [0.29, 0.717) is 19.5 Å². The Hall–Kier alpha value is -3.59. The minimum Gasteiger partial charge on any atom is -0.379 e. The lowest BCUT2D eigenvalue weighted by Crippen LogP contribution is -2.56. The predicted octanol–water partition coefficient (Wildman–Crippen LogP) is 1.35. The number of anilines is 1. The van der Waals surface area contributed by atoms with Gasteiger partial charge in [0.1, 0.15) is 12.1 Å². The van der Waals surface area contributed by atoms with Crippen molar-refractivity contribution in [1.82, 2.24) is 25.3 Å². The van der Waals surface area contributed by atoms with E-state index in [1.807, 2.05) is 0 Å². The molecule has 5 N–H and O–H groups in total. The summed E-state index contributed by atoms with van der Waals surface area (Å²) in [5, 5.41) is 9.67. The molecule has 12 nitrogen and oxygen atoms in total. The summed E-state index contributed by atoms with van der Waals surface area (Å²) < 4.78 is 42.8. The smallest absolute Gasteiger partial charge is 0.379 e. The van der Waals surface area contributed by atoms with Crippen molar-refractivity contribution in [1.29, 1.82) is 0 Å². The molecule has 0 aliphatic carbocycles. The molecule has 15 heteroatoms. The third-order valence-corrected chi connectivity index (χ3v) is 4.88. The molecule has 1 unspecified atom stereocenters. The summed E-state index contributed by atoms with van der Waals surface area (Å²) in [5.41, 5.74) is 10.7. The first-order valence-corrected chi connectivity index (χ1v) is 9.99. The van der Waals surface area contributed by atoms with Gasteiger partial charge in [-0.15, -0.1) is 0 Å². The number of alkyl halides is 3. The van der Waals surface area contributed by atoms with Gasteiger partial charge >= 0.3 is 18.0 Å². The van der Waals surface area contributed by atoms with Crippen LogP contribution in [0.15, 0.2) is 22.0 Å². The molecule has 1 aliphatic heterocycles. The molecule has 0 aromatic carbocycles. The average molecular weight is 471 g/mol. The van der Waals surface area contributed by atoms with Crippen LogP contribution in [0.1, 0.15) is 42.2 Å². The number of nitrogen functional groups attached to an aromatic ring is 1. The molecule has 0 saturated heterocycles. The van der Waals surface area contributed by atoms with Crippen LogP contribution in [0.3, 0.4) is 0 Å². The summed E-state index contributed by atoms with van der Waals surface area (Å²) >= 11 is 0. The zero-order valence-electron chi connectivity index (χ0n) is 17.6. The van der Waals surface area contributed by atoms with E-state index >= 15 is 0 Å². The minimum absolute atomic E-state index is 0.00000577. The number of hydrogen-bond acceptors (Lipinski definition) is 10. The molecule has 1 aliphatic rings. The maximum Gasteiger partial charge on any atom is 0.497 e. The normalized spacial score (nSPS) is 17.4. The van der Waals surface area contributed by atoms with E-state index in [1.54, 1.807) is 0 Å². The molecule has 3 rings (SSSR count). The van der Waals surface area contributed by atoms with Crippen LogP contribution in [0.2, 0.25) is 0 Å². The Bertz CT molecular complexity index is 1070. The summed E-state index contributed by atoms with van der Waals surface area (Å²) in [7, 11) is 0. The number of pyridine rings is 1. The molecule has 0 fully saturated rings. The SMILES string of the molecule is CC[N+]1(OC(=O)C(F)(F)F)C(c2nonc2N)=Nc2cncc(C(=O)NCCCCCN)c21. The van der Waals surface area contributed by atoms with Crippen molar-refractivity contribution in [3.63, 3.8) is 0 Å². The number of hydroxylamine groups is 2. The number of carbonyl (C=O) groups excluding carboxylic acids is 2. The van der Waals surface area contributed by atoms with Crippen molar-refractivity contribution in [2.75, 3.05) is 25.4 Å². The Labute approximate surface area is 185 Å². The molecule has 0 spiro atoms. The van der Waals surface area contributed by atoms with Gasteiger partial charge in [0.15, 0.2) is 5.69 Å². The van der Waals surface area contributed by atoms with E-state index in [0.717, 1.165) is 19.0 Å². The van der Waals surface area contributed by atoms with Crippen molar-refractivity contribution in [2.45, 2.75) is 32.4 Å². The summed E-state index contributed by atoms with van der Waals surface area (Å²) in [6, 6.07) is 0. The monoisotopic (exact) mass is 471 g/mol. The second-order valence-electron chi connectivity index (χ2n) is 7.03. The van der Waals surface area contributed by atoms with E-state index in [9.17, 15) is 22.8 Å². The first-order chi connectivity index (χ1) is 15.7. The van der Waals surface area contributed by atoms with E-state index in [2.05, 4.69) is 30.2 Å². The largest absolute Gasteiger partial charge is 0.497 e. The van der Waals surface area contributed by atoms with Crippen LogP contribution in [-0.2, 0) is 9.63 Å². The number of nitrogens with zero attached hydrogens (tertiary/aromatic N) is 5. The minimum atomic E-state index is -5.32. The zero-order valence-corrected chi connectivity index (χ0v) is 17.6. The first-order valence-electron chi connectivity index (χ1n) is 9.99. The molecule has 2 aromatic heterocycles.